The van der Waals surface area contributed by atoms with Crippen LogP contribution in [0.25, 0.3) is 0 Å². The summed E-state index contributed by atoms with van der Waals surface area (Å²) in [6.45, 7) is 0. The molecule has 0 aliphatic rings. The van der Waals surface area contributed by atoms with Gasteiger partial charge in [-0.3, -0.25) is 0 Å². The molecule has 0 aliphatic carbocycles. The van der Waals surface area contributed by atoms with Crippen molar-refractivity contribution in [2.75, 3.05) is 5.75 Å². The summed E-state index contributed by atoms with van der Waals surface area (Å²) in [5.41, 5.74) is 1.44. The number of pyridine rings is 1. The predicted octanol–water partition coefficient (Wildman–Crippen LogP) is 3.50. The Morgan fingerprint density at radius 1 is 1.21 bits per heavy atom. The number of nitrogens with zero attached hydrogens (tertiary/aromatic N) is 1. The summed E-state index contributed by atoms with van der Waals surface area (Å²) in [4.78, 5) is 15.6. The number of carboxylic acids is 1. The molecule has 0 atom stereocenters. The third-order valence-corrected chi connectivity index (χ3v) is 3.75. The molecule has 0 saturated carbocycles. The molecule has 19 heavy (non-hydrogen) atoms. The SMILES string of the molecule is O=C(O)c1cc(SCCCc2ccccc2)ccn1. The highest BCUT2D eigenvalue weighted by Crippen LogP contribution is 2.19. The van der Waals surface area contributed by atoms with E-state index >= 15 is 0 Å². The van der Waals surface area contributed by atoms with Gasteiger partial charge in [0.25, 0.3) is 0 Å². The monoisotopic (exact) mass is 273 g/mol. The van der Waals surface area contributed by atoms with Gasteiger partial charge >= 0.3 is 5.97 Å². The lowest BCUT2D eigenvalue weighted by Crippen LogP contribution is -1.99. The molecule has 0 saturated heterocycles. The van der Waals surface area contributed by atoms with Gasteiger partial charge in [0.2, 0.25) is 0 Å². The highest BCUT2D eigenvalue weighted by Gasteiger charge is 2.05. The average molecular weight is 273 g/mol. The number of rotatable bonds is 6. The van der Waals surface area contributed by atoms with E-state index in [0.29, 0.717) is 0 Å². The fourth-order valence-electron chi connectivity index (χ4n) is 1.73. The summed E-state index contributed by atoms with van der Waals surface area (Å²) in [5, 5.41) is 8.86. The van der Waals surface area contributed by atoms with E-state index in [1.807, 2.05) is 24.3 Å². The molecule has 4 heteroatoms. The van der Waals surface area contributed by atoms with Gasteiger partial charge in [-0.1, -0.05) is 30.3 Å². The zero-order chi connectivity index (χ0) is 13.5. The number of hydrogen-bond donors (Lipinski definition) is 1. The minimum absolute atomic E-state index is 0.105. The Kier molecular flexibility index (Phi) is 4.98. The molecule has 1 aromatic carbocycles. The average Bonchev–Trinajstić information content (AvgIpc) is 2.45. The van der Waals surface area contributed by atoms with E-state index in [4.69, 9.17) is 5.11 Å². The van der Waals surface area contributed by atoms with Gasteiger partial charge in [-0.2, -0.15) is 0 Å². The van der Waals surface area contributed by atoms with Crippen molar-refractivity contribution in [3.05, 3.63) is 59.9 Å². The number of thioether (sulfide) groups is 1. The molecule has 0 bridgehead atoms. The number of aromatic nitrogens is 1. The van der Waals surface area contributed by atoms with Gasteiger partial charge in [0, 0.05) is 11.1 Å². The molecular formula is C15H15NO2S. The molecule has 0 amide bonds. The van der Waals surface area contributed by atoms with Crippen molar-refractivity contribution in [1.29, 1.82) is 0 Å². The van der Waals surface area contributed by atoms with E-state index in [1.54, 1.807) is 24.0 Å². The number of aromatic carboxylic acids is 1. The number of carboxylic acid groups (broad SMARTS) is 1. The Balaban J connectivity index is 1.80. The van der Waals surface area contributed by atoms with Crippen LogP contribution in [0, 0.1) is 0 Å². The van der Waals surface area contributed by atoms with Crippen molar-refractivity contribution in [3.8, 4) is 0 Å². The van der Waals surface area contributed by atoms with E-state index in [1.165, 1.54) is 5.56 Å². The first-order chi connectivity index (χ1) is 9.25. The zero-order valence-electron chi connectivity index (χ0n) is 10.5. The van der Waals surface area contributed by atoms with Crippen LogP contribution >= 0.6 is 11.8 Å². The lowest BCUT2D eigenvalue weighted by molar-refractivity contribution is 0.0690. The van der Waals surface area contributed by atoms with E-state index in [9.17, 15) is 4.79 Å². The van der Waals surface area contributed by atoms with Crippen LogP contribution < -0.4 is 0 Å². The minimum Gasteiger partial charge on any atom is -0.477 e. The quantitative estimate of drug-likeness (QED) is 0.646. The lowest BCUT2D eigenvalue weighted by Gasteiger charge is -2.03. The third-order valence-electron chi connectivity index (χ3n) is 2.67. The smallest absolute Gasteiger partial charge is 0.354 e. The largest absolute Gasteiger partial charge is 0.477 e. The Hall–Kier alpha value is -1.81. The maximum absolute atomic E-state index is 10.8. The number of carbonyl (C=O) groups is 1. The summed E-state index contributed by atoms with van der Waals surface area (Å²) < 4.78 is 0. The molecule has 1 heterocycles. The summed E-state index contributed by atoms with van der Waals surface area (Å²) >= 11 is 1.67. The van der Waals surface area contributed by atoms with Crippen LogP contribution in [-0.4, -0.2) is 21.8 Å². The van der Waals surface area contributed by atoms with Crippen LogP contribution in [-0.2, 0) is 6.42 Å². The van der Waals surface area contributed by atoms with Crippen LogP contribution in [0.5, 0.6) is 0 Å². The fraction of sp³-hybridized carbons (Fsp3) is 0.200. The molecule has 3 nitrogen and oxygen atoms in total. The van der Waals surface area contributed by atoms with Crippen molar-refractivity contribution in [2.24, 2.45) is 0 Å². The molecule has 1 aromatic heterocycles. The maximum atomic E-state index is 10.8. The number of aryl methyl sites for hydroxylation is 1. The van der Waals surface area contributed by atoms with Crippen molar-refractivity contribution >= 4 is 17.7 Å². The molecule has 1 N–H and O–H groups in total. The molecule has 0 aliphatic heterocycles. The van der Waals surface area contributed by atoms with Gasteiger partial charge in [0.15, 0.2) is 0 Å². The fourth-order valence-corrected chi connectivity index (χ4v) is 2.61. The topological polar surface area (TPSA) is 50.2 Å². The van der Waals surface area contributed by atoms with Gasteiger partial charge < -0.3 is 5.11 Å². The summed E-state index contributed by atoms with van der Waals surface area (Å²) in [6.07, 6.45) is 3.66. The molecule has 0 unspecified atom stereocenters. The lowest BCUT2D eigenvalue weighted by atomic mass is 10.1. The molecule has 2 rings (SSSR count). The second kappa shape index (κ2) is 6.95. The summed E-state index contributed by atoms with van der Waals surface area (Å²) in [5.74, 6) is -0.00967. The second-order valence-electron chi connectivity index (χ2n) is 4.12. The van der Waals surface area contributed by atoms with E-state index in [0.717, 1.165) is 23.5 Å². The van der Waals surface area contributed by atoms with Gasteiger partial charge in [-0.25, -0.2) is 9.78 Å². The Bertz CT molecular complexity index is 543. The molecule has 0 radical (unpaired) electrons. The normalized spacial score (nSPS) is 10.3. The first-order valence-corrected chi connectivity index (χ1v) is 7.10. The third kappa shape index (κ3) is 4.41. The van der Waals surface area contributed by atoms with Crippen LogP contribution in [0.3, 0.4) is 0 Å². The maximum Gasteiger partial charge on any atom is 0.354 e. The molecule has 2 aromatic rings. The van der Waals surface area contributed by atoms with E-state index in [2.05, 4.69) is 17.1 Å². The minimum atomic E-state index is -0.980. The molecule has 0 spiro atoms. The van der Waals surface area contributed by atoms with Crippen LogP contribution in [0.4, 0.5) is 0 Å². The van der Waals surface area contributed by atoms with E-state index in [-0.39, 0.29) is 5.69 Å². The van der Waals surface area contributed by atoms with Crippen molar-refractivity contribution in [2.45, 2.75) is 17.7 Å². The zero-order valence-corrected chi connectivity index (χ0v) is 11.3. The highest BCUT2D eigenvalue weighted by molar-refractivity contribution is 7.99. The highest BCUT2D eigenvalue weighted by atomic mass is 32.2. The Labute approximate surface area is 116 Å². The Morgan fingerprint density at radius 2 is 2.00 bits per heavy atom. The van der Waals surface area contributed by atoms with E-state index < -0.39 is 5.97 Å². The van der Waals surface area contributed by atoms with Crippen LogP contribution in [0.1, 0.15) is 22.5 Å². The van der Waals surface area contributed by atoms with Gasteiger partial charge in [0.05, 0.1) is 0 Å². The number of benzene rings is 1. The first kappa shape index (κ1) is 13.6. The van der Waals surface area contributed by atoms with Crippen LogP contribution in [0.15, 0.2) is 53.6 Å². The van der Waals surface area contributed by atoms with Crippen molar-refractivity contribution in [3.63, 3.8) is 0 Å². The second-order valence-corrected chi connectivity index (χ2v) is 5.29. The van der Waals surface area contributed by atoms with Crippen molar-refractivity contribution < 1.29 is 9.90 Å². The van der Waals surface area contributed by atoms with Crippen LogP contribution in [0.2, 0.25) is 0 Å². The molecule has 98 valence electrons. The predicted molar refractivity (Wildman–Crippen MR) is 76.7 cm³/mol. The van der Waals surface area contributed by atoms with Gasteiger partial charge in [-0.05, 0) is 36.3 Å². The molecular weight excluding hydrogens is 258 g/mol. The summed E-state index contributed by atoms with van der Waals surface area (Å²) in [6, 6.07) is 13.8. The standard InChI is InChI=1S/C15H15NO2S/c17-15(18)14-11-13(8-9-16-14)19-10-4-7-12-5-2-1-3-6-12/h1-3,5-6,8-9,11H,4,7,10H2,(H,17,18). The van der Waals surface area contributed by atoms with Gasteiger partial charge in [-0.15, -0.1) is 11.8 Å². The van der Waals surface area contributed by atoms with Gasteiger partial charge in [0.1, 0.15) is 5.69 Å². The van der Waals surface area contributed by atoms with Crippen molar-refractivity contribution in [1.82, 2.24) is 4.98 Å². The Morgan fingerprint density at radius 3 is 2.74 bits per heavy atom. The number of hydrogen-bond acceptors (Lipinski definition) is 3. The summed E-state index contributed by atoms with van der Waals surface area (Å²) in [7, 11) is 0. The first-order valence-electron chi connectivity index (χ1n) is 6.12. The molecule has 0 fully saturated rings.